The van der Waals surface area contributed by atoms with E-state index in [1.165, 1.54) is 38.9 Å². The van der Waals surface area contributed by atoms with Gasteiger partial charge in [-0.15, -0.1) is 0 Å². The van der Waals surface area contributed by atoms with Gasteiger partial charge in [0.05, 0.1) is 5.70 Å². The molecule has 0 atom stereocenters. The zero-order chi connectivity index (χ0) is 29.1. The molecule has 0 heterocycles. The number of fused-ring (bicyclic) bond motifs is 3. The lowest BCUT2D eigenvalue weighted by Gasteiger charge is -2.29. The van der Waals surface area contributed by atoms with Gasteiger partial charge in [0.15, 0.2) is 0 Å². The Morgan fingerprint density at radius 1 is 0.595 bits per heavy atom. The third-order valence-electron chi connectivity index (χ3n) is 8.87. The highest BCUT2D eigenvalue weighted by Crippen LogP contribution is 2.53. The number of hydrogen-bond acceptors (Lipinski definition) is 1. The normalized spacial score (nSPS) is 14.0. The van der Waals surface area contributed by atoms with Crippen molar-refractivity contribution in [3.63, 3.8) is 0 Å². The van der Waals surface area contributed by atoms with E-state index in [1.54, 1.807) is 0 Å². The molecule has 0 radical (unpaired) electrons. The molecule has 0 fully saturated rings. The number of benzene rings is 5. The van der Waals surface area contributed by atoms with Crippen LogP contribution in [0.1, 0.15) is 62.3 Å². The average Bonchev–Trinajstić information content (AvgIpc) is 3.34. The van der Waals surface area contributed by atoms with Crippen LogP contribution in [0.15, 0.2) is 132 Å². The third-order valence-corrected chi connectivity index (χ3v) is 8.87. The first-order chi connectivity index (χ1) is 20.6. The molecule has 0 amide bonds. The summed E-state index contributed by atoms with van der Waals surface area (Å²) in [6.07, 6.45) is 5.22. The molecule has 2 heteroatoms. The minimum absolute atomic E-state index is 0.100. The number of aliphatic imine (C=N–C) groups is 1. The fourth-order valence-corrected chi connectivity index (χ4v) is 6.62. The number of allylic oxidation sites excluding steroid dienone is 1. The van der Waals surface area contributed by atoms with Crippen LogP contribution in [0.25, 0.3) is 39.1 Å². The maximum atomic E-state index is 6.41. The summed E-state index contributed by atoms with van der Waals surface area (Å²) in [6.45, 7) is 6.77. The molecule has 0 unspecified atom stereocenters. The maximum Gasteiger partial charge on any atom is 0.131 e. The van der Waals surface area contributed by atoms with Gasteiger partial charge in [0.25, 0.3) is 0 Å². The van der Waals surface area contributed by atoms with E-state index < -0.39 is 0 Å². The molecular formula is C40H38N2. The van der Waals surface area contributed by atoms with Crippen LogP contribution in [0, 0.1) is 0 Å². The quantitative estimate of drug-likeness (QED) is 0.153. The summed E-state index contributed by atoms with van der Waals surface area (Å²) in [7, 11) is 0. The molecule has 5 aromatic rings. The number of nitrogens with zero attached hydrogens (tertiary/aromatic N) is 1. The highest BCUT2D eigenvalue weighted by atomic mass is 14.9. The van der Waals surface area contributed by atoms with Gasteiger partial charge in [0.2, 0.25) is 0 Å². The summed E-state index contributed by atoms with van der Waals surface area (Å²) in [4.78, 5) is 4.84. The lowest BCUT2D eigenvalue weighted by atomic mass is 9.74. The molecular weight excluding hydrogens is 508 g/mol. The second-order valence-electron chi connectivity index (χ2n) is 11.1. The topological polar surface area (TPSA) is 38.4 Å². The van der Waals surface area contributed by atoms with Gasteiger partial charge in [-0.25, -0.2) is 4.99 Å². The molecule has 42 heavy (non-hydrogen) atoms. The summed E-state index contributed by atoms with van der Waals surface area (Å²) in [5, 5.41) is 0. The Morgan fingerprint density at radius 2 is 1.19 bits per heavy atom. The second kappa shape index (κ2) is 11.7. The minimum Gasteiger partial charge on any atom is -0.383 e. The molecule has 0 saturated heterocycles. The van der Waals surface area contributed by atoms with Crippen LogP contribution in [0.3, 0.4) is 0 Å². The van der Waals surface area contributed by atoms with E-state index in [1.807, 2.05) is 30.3 Å². The Bertz CT molecular complexity index is 1790. The molecule has 2 N–H and O–H groups in total. The van der Waals surface area contributed by atoms with Crippen LogP contribution in [-0.2, 0) is 5.41 Å². The molecule has 2 nitrogen and oxygen atoms in total. The predicted octanol–water partition coefficient (Wildman–Crippen LogP) is 10.3. The van der Waals surface area contributed by atoms with Crippen molar-refractivity contribution in [2.24, 2.45) is 10.7 Å². The van der Waals surface area contributed by atoms with Crippen LogP contribution in [0.5, 0.6) is 0 Å². The van der Waals surface area contributed by atoms with Crippen LogP contribution >= 0.6 is 0 Å². The number of amidine groups is 1. The van der Waals surface area contributed by atoms with Gasteiger partial charge < -0.3 is 5.73 Å². The molecule has 0 bridgehead atoms. The highest BCUT2D eigenvalue weighted by molar-refractivity contribution is 6.00. The van der Waals surface area contributed by atoms with Crippen LogP contribution < -0.4 is 5.73 Å². The monoisotopic (exact) mass is 546 g/mol. The number of hydrogen-bond donors (Lipinski definition) is 1. The smallest absolute Gasteiger partial charge is 0.131 e. The van der Waals surface area contributed by atoms with Crippen molar-refractivity contribution in [2.45, 2.75) is 45.4 Å². The zero-order valence-electron chi connectivity index (χ0n) is 24.8. The molecule has 0 spiro atoms. The largest absolute Gasteiger partial charge is 0.383 e. The molecule has 0 aromatic heterocycles. The van der Waals surface area contributed by atoms with Crippen molar-refractivity contribution < 1.29 is 0 Å². The summed E-state index contributed by atoms with van der Waals surface area (Å²) in [6, 6.07) is 43.5. The predicted molar refractivity (Wildman–Crippen MR) is 180 cm³/mol. The second-order valence-corrected chi connectivity index (χ2v) is 11.1. The van der Waals surface area contributed by atoms with Crippen molar-refractivity contribution in [1.82, 2.24) is 0 Å². The molecule has 0 aliphatic heterocycles. The van der Waals surface area contributed by atoms with E-state index in [9.17, 15) is 0 Å². The Kier molecular flexibility index (Phi) is 7.63. The summed E-state index contributed by atoms with van der Waals surface area (Å²) in [5.74, 6) is 0.524. The molecule has 208 valence electrons. The van der Waals surface area contributed by atoms with Gasteiger partial charge in [-0.3, -0.25) is 0 Å². The third kappa shape index (κ3) is 4.88. The molecule has 6 rings (SSSR count). The summed E-state index contributed by atoms with van der Waals surface area (Å²) >= 11 is 0. The lowest BCUT2D eigenvalue weighted by Crippen LogP contribution is -2.22. The first-order valence-electron chi connectivity index (χ1n) is 15.1. The van der Waals surface area contributed by atoms with E-state index in [0.717, 1.165) is 41.6 Å². The van der Waals surface area contributed by atoms with E-state index in [0.29, 0.717) is 5.84 Å². The molecule has 5 aromatic carbocycles. The van der Waals surface area contributed by atoms with Crippen LogP contribution in [0.4, 0.5) is 0 Å². The van der Waals surface area contributed by atoms with Gasteiger partial charge in [-0.1, -0.05) is 130 Å². The van der Waals surface area contributed by atoms with Gasteiger partial charge in [-0.2, -0.15) is 0 Å². The van der Waals surface area contributed by atoms with Crippen LogP contribution in [0.2, 0.25) is 0 Å². The summed E-state index contributed by atoms with van der Waals surface area (Å²) < 4.78 is 0. The Morgan fingerprint density at radius 3 is 1.90 bits per heavy atom. The zero-order valence-corrected chi connectivity index (χ0v) is 24.8. The van der Waals surface area contributed by atoms with Gasteiger partial charge in [0, 0.05) is 16.5 Å². The van der Waals surface area contributed by atoms with Crippen molar-refractivity contribution in [3.05, 3.63) is 150 Å². The van der Waals surface area contributed by atoms with Gasteiger partial charge in [0.1, 0.15) is 5.84 Å². The van der Waals surface area contributed by atoms with Crippen LogP contribution in [-0.4, -0.2) is 5.84 Å². The number of rotatable bonds is 8. The van der Waals surface area contributed by atoms with Crippen molar-refractivity contribution in [2.75, 3.05) is 0 Å². The Hall–Kier alpha value is -4.69. The average molecular weight is 547 g/mol. The van der Waals surface area contributed by atoms with Gasteiger partial charge in [-0.05, 0) is 82.0 Å². The van der Waals surface area contributed by atoms with Gasteiger partial charge >= 0.3 is 0 Å². The van der Waals surface area contributed by atoms with E-state index >= 15 is 0 Å². The fourth-order valence-electron chi connectivity index (χ4n) is 6.62. The summed E-state index contributed by atoms with van der Waals surface area (Å²) in [5.41, 5.74) is 19.9. The number of nitrogens with two attached hydrogens (primary N) is 1. The highest BCUT2D eigenvalue weighted by Gasteiger charge is 2.40. The first kappa shape index (κ1) is 27.5. The molecule has 1 aliphatic carbocycles. The molecule has 0 saturated carbocycles. The Balaban J connectivity index is 1.36. The van der Waals surface area contributed by atoms with E-state index in [2.05, 4.69) is 118 Å². The fraction of sp³-hybridized carbons (Fsp3) is 0.175. The molecule has 1 aliphatic rings. The van der Waals surface area contributed by atoms with E-state index in [-0.39, 0.29) is 5.41 Å². The lowest BCUT2D eigenvalue weighted by molar-refractivity contribution is 0.490. The Labute approximate surface area is 250 Å². The van der Waals surface area contributed by atoms with Crippen molar-refractivity contribution >= 4 is 11.5 Å². The first-order valence-corrected chi connectivity index (χ1v) is 15.1. The van der Waals surface area contributed by atoms with Crippen molar-refractivity contribution in [3.8, 4) is 33.4 Å². The standard InChI is InChI=1S/C40H38N2/c1-4-14-38(42-39(41)28-15-8-7-9-16-28)33-20-13-19-31(26-33)29-17-12-18-30(25-29)32-23-24-37-35(27-32)34-21-10-11-22-36(34)40(37,5-2)6-3/h7-27H,4-6H2,1-3H3,(H2,41,42)/b38-14+. The van der Waals surface area contributed by atoms with E-state index in [4.69, 9.17) is 10.7 Å². The minimum atomic E-state index is 0.100. The van der Waals surface area contributed by atoms with Crippen molar-refractivity contribution in [1.29, 1.82) is 0 Å². The maximum absolute atomic E-state index is 6.41. The SMILES string of the molecule is CC/C=C(/N=C(N)c1ccccc1)c1cccc(-c2cccc(-c3ccc4c(c3)-c3ccccc3C4(CC)CC)c2)c1.